The highest BCUT2D eigenvalue weighted by Crippen LogP contribution is 2.25. The Labute approximate surface area is 222 Å². The molecule has 0 spiro atoms. The Kier molecular flexibility index (Phi) is 9.14. The van der Waals surface area contributed by atoms with Crippen LogP contribution in [0.2, 0.25) is 0 Å². The Hall–Kier alpha value is -2.76. The summed E-state index contributed by atoms with van der Waals surface area (Å²) in [7, 11) is -3.84. The van der Waals surface area contributed by atoms with Crippen LogP contribution < -0.4 is 11.0 Å². The maximum absolute atomic E-state index is 13.1. The largest absolute Gasteiger partial charge is 0.379 e. The number of carbonyl (C=O) groups is 1. The molecule has 4 rings (SSSR count). The average molecular weight is 550 g/mol. The van der Waals surface area contributed by atoms with E-state index >= 15 is 0 Å². The van der Waals surface area contributed by atoms with Crippen molar-refractivity contribution in [1.29, 1.82) is 0 Å². The molecule has 2 heterocycles. The fraction of sp³-hybridized carbons (Fsp3) is 0.385. The van der Waals surface area contributed by atoms with Crippen molar-refractivity contribution in [2.24, 2.45) is 0 Å². The number of sulfone groups is 1. The van der Waals surface area contributed by atoms with Crippen LogP contribution in [0.3, 0.4) is 0 Å². The molecule has 0 aliphatic carbocycles. The Morgan fingerprint density at radius 2 is 1.73 bits per heavy atom. The van der Waals surface area contributed by atoms with Crippen molar-refractivity contribution in [3.63, 3.8) is 0 Å². The molecule has 1 atom stereocenters. The van der Waals surface area contributed by atoms with Gasteiger partial charge < -0.3 is 9.30 Å². The van der Waals surface area contributed by atoms with Gasteiger partial charge in [-0.05, 0) is 53.6 Å². The maximum Gasteiger partial charge on any atom is 0.264 e. The lowest BCUT2D eigenvalue weighted by Crippen LogP contribution is -2.49. The number of carbonyl (C=O) groups excluding carboxylic acids is 1. The summed E-state index contributed by atoms with van der Waals surface area (Å²) in [5.74, 6) is -1.03. The number of rotatable bonds is 8. The number of hydrogen-bond donors (Lipinski definition) is 2. The average Bonchev–Trinajstić information content (AvgIpc) is 2.88. The summed E-state index contributed by atoms with van der Waals surface area (Å²) in [6.07, 6.45) is 2.36. The highest BCUT2D eigenvalue weighted by atomic mass is 35.5. The second-order valence-electron chi connectivity index (χ2n) is 9.40. The lowest BCUT2D eigenvalue weighted by molar-refractivity contribution is -0.131. The molecule has 37 heavy (non-hydrogen) atoms. The summed E-state index contributed by atoms with van der Waals surface area (Å²) in [5, 5.41) is 10.3. The van der Waals surface area contributed by atoms with Gasteiger partial charge in [0.2, 0.25) is 0 Å². The summed E-state index contributed by atoms with van der Waals surface area (Å²) in [6, 6.07) is 15.8. The highest BCUT2D eigenvalue weighted by Gasteiger charge is 2.43. The van der Waals surface area contributed by atoms with Crippen LogP contribution in [-0.2, 0) is 32.5 Å². The van der Waals surface area contributed by atoms with E-state index in [0.717, 1.165) is 55.6 Å². The van der Waals surface area contributed by atoms with Crippen LogP contribution in [0.4, 0.5) is 0 Å². The summed E-state index contributed by atoms with van der Waals surface area (Å²) < 4.78 is 29.3. The van der Waals surface area contributed by atoms with Crippen LogP contribution in [0, 0.1) is 0 Å². The molecule has 1 aliphatic rings. The molecule has 3 aromatic rings. The van der Waals surface area contributed by atoms with E-state index in [1.807, 2.05) is 12.1 Å². The number of fused-ring (bicyclic) bond motifs is 1. The molecule has 1 unspecified atom stereocenters. The van der Waals surface area contributed by atoms with Gasteiger partial charge >= 0.3 is 0 Å². The third-order valence-electron chi connectivity index (χ3n) is 7.00. The Morgan fingerprint density at radius 3 is 2.35 bits per heavy atom. The van der Waals surface area contributed by atoms with E-state index in [2.05, 4.69) is 29.2 Å². The van der Waals surface area contributed by atoms with Crippen LogP contribution in [0.25, 0.3) is 21.9 Å². The maximum atomic E-state index is 13.1. The van der Waals surface area contributed by atoms with Gasteiger partial charge in [0.15, 0.2) is 14.6 Å². The molecule has 2 N–H and O–H groups in total. The Balaban J connectivity index is 0.00000380. The number of hydroxylamine groups is 1. The Morgan fingerprint density at radius 1 is 1.08 bits per heavy atom. The number of hydrogen-bond acceptors (Lipinski definition) is 7. The van der Waals surface area contributed by atoms with Crippen molar-refractivity contribution in [3.05, 3.63) is 70.6 Å². The Bertz CT molecular complexity index is 1420. The molecular formula is C26H32ClN3O6S. The van der Waals surface area contributed by atoms with Crippen LogP contribution in [0.1, 0.15) is 18.9 Å². The van der Waals surface area contributed by atoms with Gasteiger partial charge in [-0.1, -0.05) is 30.3 Å². The molecule has 11 heteroatoms. The van der Waals surface area contributed by atoms with Crippen molar-refractivity contribution >= 4 is 38.9 Å². The zero-order valence-corrected chi connectivity index (χ0v) is 22.5. The first-order valence-electron chi connectivity index (χ1n) is 11.8. The van der Waals surface area contributed by atoms with Crippen LogP contribution in [-0.4, -0.2) is 66.3 Å². The molecule has 1 amide bonds. The predicted octanol–water partition coefficient (Wildman–Crippen LogP) is 2.62. The molecule has 0 saturated carbocycles. The van der Waals surface area contributed by atoms with Gasteiger partial charge in [-0.15, -0.1) is 12.4 Å². The van der Waals surface area contributed by atoms with Gasteiger partial charge in [-0.3, -0.25) is 19.7 Å². The lowest BCUT2D eigenvalue weighted by Gasteiger charge is -2.26. The van der Waals surface area contributed by atoms with Crippen molar-refractivity contribution in [2.75, 3.05) is 32.6 Å². The van der Waals surface area contributed by atoms with Crippen molar-refractivity contribution < 1.29 is 23.2 Å². The third kappa shape index (κ3) is 6.22. The number of halogens is 1. The molecule has 1 aromatic heterocycles. The van der Waals surface area contributed by atoms with E-state index in [9.17, 15) is 18.0 Å². The first-order chi connectivity index (χ1) is 17.1. The molecule has 1 fully saturated rings. The monoisotopic (exact) mass is 549 g/mol. The van der Waals surface area contributed by atoms with E-state index in [-0.39, 0.29) is 30.9 Å². The first-order valence-corrected chi connectivity index (χ1v) is 13.7. The minimum Gasteiger partial charge on any atom is -0.379 e. The summed E-state index contributed by atoms with van der Waals surface area (Å²) in [6.45, 7) is 5.53. The van der Waals surface area contributed by atoms with Gasteiger partial charge in [-0.2, -0.15) is 0 Å². The predicted molar refractivity (Wildman–Crippen MR) is 145 cm³/mol. The number of aryl methyl sites for hydroxylation is 1. The SMILES string of the molecule is CC(CCn1ccc2cc(-c3ccc(CN4CCOCC4)cc3)ccc2c1=O)(C(=O)NO)S(C)(=O)=O.Cl. The summed E-state index contributed by atoms with van der Waals surface area (Å²) >= 11 is 0. The van der Waals surface area contributed by atoms with E-state index in [1.54, 1.807) is 18.3 Å². The number of benzene rings is 2. The standard InChI is InChI=1S/C26H31N3O6S.ClH/c1-26(25(31)27-32,36(2,33)34)10-12-29-11-9-22-17-21(7-8-23(22)24(29)30)20-5-3-19(4-6-20)18-28-13-15-35-16-14-28;/h3-9,11,17,32H,10,12-16,18H2,1-2H3,(H,27,31);1H. The number of pyridine rings is 1. The number of amides is 1. The quantitative estimate of drug-likeness (QED) is 0.327. The third-order valence-corrected chi connectivity index (χ3v) is 9.03. The van der Waals surface area contributed by atoms with Gasteiger partial charge in [0, 0.05) is 44.0 Å². The fourth-order valence-corrected chi connectivity index (χ4v) is 5.23. The number of nitrogens with one attached hydrogen (secondary N) is 1. The molecule has 200 valence electrons. The lowest BCUT2D eigenvalue weighted by atomic mass is 10.0. The van der Waals surface area contributed by atoms with E-state index in [4.69, 9.17) is 9.94 Å². The molecule has 0 bridgehead atoms. The second-order valence-corrected chi connectivity index (χ2v) is 11.8. The minimum atomic E-state index is -3.84. The van der Waals surface area contributed by atoms with Crippen LogP contribution in [0.5, 0.6) is 0 Å². The second kappa shape index (κ2) is 11.7. The van der Waals surface area contributed by atoms with Crippen molar-refractivity contribution in [3.8, 4) is 11.1 Å². The zero-order chi connectivity index (χ0) is 25.9. The van der Waals surface area contributed by atoms with Crippen LogP contribution >= 0.6 is 12.4 Å². The molecule has 2 aromatic carbocycles. The van der Waals surface area contributed by atoms with E-state index in [1.165, 1.54) is 22.5 Å². The fourth-order valence-electron chi connectivity index (χ4n) is 4.38. The van der Waals surface area contributed by atoms with Crippen molar-refractivity contribution in [1.82, 2.24) is 14.9 Å². The summed E-state index contributed by atoms with van der Waals surface area (Å²) in [5.41, 5.74) is 4.42. The molecule has 1 aliphatic heterocycles. The smallest absolute Gasteiger partial charge is 0.264 e. The minimum absolute atomic E-state index is 0. The van der Waals surface area contributed by atoms with E-state index in [0.29, 0.717) is 5.39 Å². The van der Waals surface area contributed by atoms with E-state index < -0.39 is 20.5 Å². The molecule has 9 nitrogen and oxygen atoms in total. The van der Waals surface area contributed by atoms with Crippen LogP contribution in [0.15, 0.2) is 59.5 Å². The van der Waals surface area contributed by atoms with Gasteiger partial charge in [0.1, 0.15) is 0 Å². The highest BCUT2D eigenvalue weighted by molar-refractivity contribution is 7.92. The van der Waals surface area contributed by atoms with Gasteiger partial charge in [0.05, 0.1) is 13.2 Å². The number of ether oxygens (including phenoxy) is 1. The normalized spacial score (nSPS) is 16.1. The zero-order valence-electron chi connectivity index (χ0n) is 20.8. The van der Waals surface area contributed by atoms with Gasteiger partial charge in [0.25, 0.3) is 11.5 Å². The number of nitrogens with zero attached hydrogens (tertiary/aromatic N) is 2. The number of morpholine rings is 1. The number of aromatic nitrogens is 1. The van der Waals surface area contributed by atoms with Gasteiger partial charge in [-0.25, -0.2) is 13.9 Å². The van der Waals surface area contributed by atoms with Crippen molar-refractivity contribution in [2.45, 2.75) is 31.2 Å². The molecule has 1 saturated heterocycles. The topological polar surface area (TPSA) is 118 Å². The molecular weight excluding hydrogens is 518 g/mol. The molecule has 0 radical (unpaired) electrons. The first kappa shape index (κ1) is 28.8. The summed E-state index contributed by atoms with van der Waals surface area (Å²) in [4.78, 5) is 27.5.